The van der Waals surface area contributed by atoms with E-state index in [2.05, 4.69) is 34.6 Å². The third kappa shape index (κ3) is 6.72. The Morgan fingerprint density at radius 1 is 0.952 bits per heavy atom. The van der Waals surface area contributed by atoms with Gasteiger partial charge in [-0.05, 0) is 35.6 Å². The van der Waals surface area contributed by atoms with Gasteiger partial charge in [-0.2, -0.15) is 0 Å². The molecule has 0 unspecified atom stereocenters. The van der Waals surface area contributed by atoms with Crippen molar-refractivity contribution in [1.82, 2.24) is 14.9 Å². The number of nitrogens with zero attached hydrogens (tertiary/aromatic N) is 3. The van der Waals surface area contributed by atoms with Crippen LogP contribution in [0, 0.1) is 0 Å². The molecule has 42 heavy (non-hydrogen) atoms. The van der Waals surface area contributed by atoms with Gasteiger partial charge in [0.1, 0.15) is 10.3 Å². The number of aromatic nitrogens is 3. The Bertz CT molecular complexity index is 1640. The van der Waals surface area contributed by atoms with Crippen LogP contribution in [0.1, 0.15) is 52.3 Å². The van der Waals surface area contributed by atoms with Crippen molar-refractivity contribution >= 4 is 40.0 Å². The molecular weight excluding hydrogens is 567 g/mol. The molecule has 0 saturated carbocycles. The lowest BCUT2D eigenvalue weighted by Crippen LogP contribution is -2.21. The van der Waals surface area contributed by atoms with E-state index in [4.69, 9.17) is 10.6 Å². The van der Waals surface area contributed by atoms with Crippen molar-refractivity contribution in [2.45, 2.75) is 36.6 Å². The van der Waals surface area contributed by atoms with Gasteiger partial charge < -0.3 is 15.9 Å². The molecule has 2 aromatic heterocycles. The fraction of sp³-hybridized carbons (Fsp3) is 0.188. The maximum absolute atomic E-state index is 13.9. The van der Waals surface area contributed by atoms with E-state index < -0.39 is 11.2 Å². The second-order valence-electron chi connectivity index (χ2n) is 9.62. The van der Waals surface area contributed by atoms with E-state index in [1.807, 2.05) is 78.9 Å². The maximum Gasteiger partial charge on any atom is 0.341 e. The molecule has 8 nitrogen and oxygen atoms in total. The fourth-order valence-corrected chi connectivity index (χ4v) is 6.50. The molecule has 0 bridgehead atoms. The first-order valence-corrected chi connectivity index (χ1v) is 15.3. The summed E-state index contributed by atoms with van der Waals surface area (Å²) >= 11 is 2.53. The van der Waals surface area contributed by atoms with Crippen molar-refractivity contribution < 1.29 is 14.3 Å². The first kappa shape index (κ1) is 29.1. The summed E-state index contributed by atoms with van der Waals surface area (Å²) in [7, 11) is 0. The molecule has 0 fully saturated rings. The average molecular weight is 598 g/mol. The second kappa shape index (κ2) is 13.5. The molecule has 5 aromatic rings. The van der Waals surface area contributed by atoms with Gasteiger partial charge in [-0.15, -0.1) is 21.5 Å². The quantitative estimate of drug-likeness (QED) is 0.0988. The minimum atomic E-state index is -0.714. The van der Waals surface area contributed by atoms with Crippen LogP contribution in [0.5, 0.6) is 0 Å². The van der Waals surface area contributed by atoms with Gasteiger partial charge in [-0.3, -0.25) is 4.79 Å². The first-order chi connectivity index (χ1) is 20.4. The minimum absolute atomic E-state index is 0.183. The zero-order valence-corrected chi connectivity index (χ0v) is 24.9. The standard InChI is InChI=1S/C32H31N5O3S2/c1-3-40-31(39)25-20-26(23-15-9-5-10-16-23)41-30(25)34-29(38)28(24-17-11-6-12-18-24)42-32-36-35-27(37(32)33)19-21(2)22-13-7-4-8-14-22/h4-18,20-21,28H,3,19,33H2,1-2H3,(H,34,38)/t21-,28-/m0/s1. The first-order valence-electron chi connectivity index (χ1n) is 13.6. The molecule has 5 rings (SSSR count). The molecule has 1 amide bonds. The molecule has 0 aliphatic rings. The van der Waals surface area contributed by atoms with Crippen LogP contribution < -0.4 is 11.2 Å². The molecule has 0 aliphatic heterocycles. The molecular formula is C32H31N5O3S2. The van der Waals surface area contributed by atoms with E-state index in [9.17, 15) is 9.59 Å². The van der Waals surface area contributed by atoms with Gasteiger partial charge in [0.05, 0.1) is 12.2 Å². The summed E-state index contributed by atoms with van der Waals surface area (Å²) in [6.45, 7) is 4.09. The predicted octanol–water partition coefficient (Wildman–Crippen LogP) is 6.72. The summed E-state index contributed by atoms with van der Waals surface area (Å²) in [5.74, 6) is 6.45. The molecule has 0 aliphatic carbocycles. The van der Waals surface area contributed by atoms with E-state index in [1.165, 1.54) is 33.3 Å². The Labute approximate surface area is 252 Å². The van der Waals surface area contributed by atoms with Gasteiger partial charge in [0, 0.05) is 11.3 Å². The largest absolute Gasteiger partial charge is 0.462 e. The number of nitrogens with one attached hydrogen (secondary N) is 1. The van der Waals surface area contributed by atoms with Crippen LogP contribution in [0.3, 0.4) is 0 Å². The van der Waals surface area contributed by atoms with Crippen LogP contribution in [0.15, 0.2) is 102 Å². The summed E-state index contributed by atoms with van der Waals surface area (Å²) in [5, 5.41) is 11.8. The maximum atomic E-state index is 13.9. The van der Waals surface area contributed by atoms with Gasteiger partial charge in [0.2, 0.25) is 11.1 Å². The summed E-state index contributed by atoms with van der Waals surface area (Å²) in [6, 6.07) is 31.0. The van der Waals surface area contributed by atoms with Crippen molar-refractivity contribution in [3.8, 4) is 10.4 Å². The Hall–Kier alpha value is -4.41. The van der Waals surface area contributed by atoms with E-state index in [-0.39, 0.29) is 18.4 Å². The van der Waals surface area contributed by atoms with Crippen LogP contribution >= 0.6 is 23.1 Å². The fourth-order valence-electron chi connectivity index (χ4n) is 4.47. The number of hydrogen-bond donors (Lipinski definition) is 2. The number of ether oxygens (including phenoxy) is 1. The van der Waals surface area contributed by atoms with Crippen molar-refractivity contribution in [2.75, 3.05) is 17.8 Å². The second-order valence-corrected chi connectivity index (χ2v) is 11.7. The molecule has 2 atom stereocenters. The third-order valence-corrected chi connectivity index (χ3v) is 8.99. The van der Waals surface area contributed by atoms with Crippen molar-refractivity contribution in [2.24, 2.45) is 0 Å². The number of thiophene rings is 1. The van der Waals surface area contributed by atoms with E-state index >= 15 is 0 Å². The van der Waals surface area contributed by atoms with E-state index in [1.54, 1.807) is 13.0 Å². The van der Waals surface area contributed by atoms with Gasteiger partial charge in [0.25, 0.3) is 0 Å². The van der Waals surface area contributed by atoms with Crippen LogP contribution in [-0.2, 0) is 16.0 Å². The number of anilines is 1. The lowest BCUT2D eigenvalue weighted by atomic mass is 9.98. The number of esters is 1. The number of carbonyl (C=O) groups is 2. The summed E-state index contributed by atoms with van der Waals surface area (Å²) in [4.78, 5) is 27.6. The number of benzene rings is 3. The summed E-state index contributed by atoms with van der Waals surface area (Å²) in [6.07, 6.45) is 0.594. The molecule has 0 radical (unpaired) electrons. The third-order valence-electron chi connectivity index (χ3n) is 6.68. The number of rotatable bonds is 11. The minimum Gasteiger partial charge on any atom is -0.462 e. The molecule has 0 saturated heterocycles. The molecule has 10 heteroatoms. The summed E-state index contributed by atoms with van der Waals surface area (Å²) < 4.78 is 6.75. The Morgan fingerprint density at radius 3 is 2.21 bits per heavy atom. The number of amides is 1. The van der Waals surface area contributed by atoms with Crippen LogP contribution in [0.25, 0.3) is 10.4 Å². The highest BCUT2D eigenvalue weighted by Crippen LogP contribution is 2.39. The SMILES string of the molecule is CCOC(=O)c1cc(-c2ccccc2)sc1NC(=O)[C@@H](Sc1nnc(C[C@H](C)c2ccccc2)n1N)c1ccccc1. The Balaban J connectivity index is 1.42. The number of nitrogens with two attached hydrogens (primary N) is 1. The van der Waals surface area contributed by atoms with E-state index in [0.29, 0.717) is 28.0 Å². The molecule has 2 heterocycles. The number of thioether (sulfide) groups is 1. The lowest BCUT2D eigenvalue weighted by Gasteiger charge is -2.17. The smallest absolute Gasteiger partial charge is 0.341 e. The van der Waals surface area contributed by atoms with Crippen molar-refractivity contribution in [1.29, 1.82) is 0 Å². The predicted molar refractivity (Wildman–Crippen MR) is 168 cm³/mol. The zero-order chi connectivity index (χ0) is 29.5. The zero-order valence-electron chi connectivity index (χ0n) is 23.3. The Morgan fingerprint density at radius 2 is 1.57 bits per heavy atom. The van der Waals surface area contributed by atoms with Gasteiger partial charge in [-0.25, -0.2) is 9.47 Å². The summed E-state index contributed by atoms with van der Waals surface area (Å²) in [5.41, 5.74) is 3.19. The molecule has 3 aromatic carbocycles. The van der Waals surface area contributed by atoms with Gasteiger partial charge in [-0.1, -0.05) is 110 Å². The van der Waals surface area contributed by atoms with Crippen molar-refractivity contribution in [3.63, 3.8) is 0 Å². The van der Waals surface area contributed by atoms with Crippen LogP contribution in [-0.4, -0.2) is 33.4 Å². The Kier molecular flexibility index (Phi) is 9.35. The number of nitrogen functional groups attached to an aromatic ring is 1. The van der Waals surface area contributed by atoms with Crippen LogP contribution in [0.4, 0.5) is 5.00 Å². The number of carbonyl (C=O) groups excluding carboxylic acids is 2. The van der Waals surface area contributed by atoms with Gasteiger partial charge in [0.15, 0.2) is 5.82 Å². The molecule has 3 N–H and O–H groups in total. The van der Waals surface area contributed by atoms with Gasteiger partial charge >= 0.3 is 5.97 Å². The normalized spacial score (nSPS) is 12.4. The lowest BCUT2D eigenvalue weighted by molar-refractivity contribution is -0.115. The highest BCUT2D eigenvalue weighted by Gasteiger charge is 2.28. The molecule has 0 spiro atoms. The number of hydrogen-bond acceptors (Lipinski definition) is 8. The highest BCUT2D eigenvalue weighted by molar-refractivity contribution is 8.00. The monoisotopic (exact) mass is 597 g/mol. The van der Waals surface area contributed by atoms with E-state index in [0.717, 1.165) is 16.0 Å². The van der Waals surface area contributed by atoms with Crippen LogP contribution in [0.2, 0.25) is 0 Å². The highest BCUT2D eigenvalue weighted by atomic mass is 32.2. The van der Waals surface area contributed by atoms with Crippen molar-refractivity contribution in [3.05, 3.63) is 120 Å². The average Bonchev–Trinajstić information content (AvgIpc) is 3.60. The topological polar surface area (TPSA) is 112 Å². The molecule has 214 valence electrons.